The van der Waals surface area contributed by atoms with Crippen LogP contribution in [0.2, 0.25) is 0 Å². The van der Waals surface area contributed by atoms with Crippen molar-refractivity contribution in [1.82, 2.24) is 4.31 Å². The lowest BCUT2D eigenvalue weighted by Gasteiger charge is -2.18. The van der Waals surface area contributed by atoms with Crippen LogP contribution in [0.4, 0.5) is 0 Å². The SMILES string of the molecule is CCCCCCCCCCCCN1Sc2ccccc2C1C=O. The first-order chi connectivity index (χ1) is 11.4. The normalized spacial score (nSPS) is 17.3. The van der Waals surface area contributed by atoms with E-state index in [-0.39, 0.29) is 6.04 Å². The largest absolute Gasteiger partial charge is 0.301 e. The van der Waals surface area contributed by atoms with Crippen LogP contribution in [0.1, 0.15) is 82.7 Å². The minimum atomic E-state index is -0.0465. The summed E-state index contributed by atoms with van der Waals surface area (Å²) >= 11 is 1.75. The van der Waals surface area contributed by atoms with Gasteiger partial charge in [-0.1, -0.05) is 82.9 Å². The van der Waals surface area contributed by atoms with Gasteiger partial charge in [0.05, 0.1) is 0 Å². The van der Waals surface area contributed by atoms with Crippen LogP contribution in [-0.4, -0.2) is 17.1 Å². The maximum atomic E-state index is 11.4. The first-order valence-electron chi connectivity index (χ1n) is 9.35. The third-order valence-corrected chi connectivity index (χ3v) is 5.84. The Balaban J connectivity index is 1.54. The van der Waals surface area contributed by atoms with Gasteiger partial charge < -0.3 is 4.79 Å². The highest BCUT2D eigenvalue weighted by Gasteiger charge is 2.29. The second kappa shape index (κ2) is 10.9. The Morgan fingerprint density at radius 1 is 0.957 bits per heavy atom. The molecular weight excluding hydrogens is 302 g/mol. The summed E-state index contributed by atoms with van der Waals surface area (Å²) in [5, 5.41) is 0. The zero-order valence-corrected chi connectivity index (χ0v) is 15.3. The summed E-state index contributed by atoms with van der Waals surface area (Å²) in [4.78, 5) is 12.7. The van der Waals surface area contributed by atoms with E-state index >= 15 is 0 Å². The summed E-state index contributed by atoms with van der Waals surface area (Å²) in [5.74, 6) is 0. The van der Waals surface area contributed by atoms with E-state index in [1.807, 2.05) is 6.07 Å². The fraction of sp³-hybridized carbons (Fsp3) is 0.650. The lowest BCUT2D eigenvalue weighted by molar-refractivity contribution is -0.110. The van der Waals surface area contributed by atoms with Crippen molar-refractivity contribution in [2.24, 2.45) is 0 Å². The molecule has 3 heteroatoms. The molecule has 128 valence electrons. The summed E-state index contributed by atoms with van der Waals surface area (Å²) in [7, 11) is 0. The number of benzene rings is 1. The fourth-order valence-corrected chi connectivity index (χ4v) is 4.41. The highest BCUT2D eigenvalue weighted by Crippen LogP contribution is 2.42. The van der Waals surface area contributed by atoms with Crippen molar-refractivity contribution in [2.75, 3.05) is 6.54 Å². The third-order valence-electron chi connectivity index (χ3n) is 4.62. The molecule has 0 fully saturated rings. The Hall–Kier alpha value is -0.800. The summed E-state index contributed by atoms with van der Waals surface area (Å²) < 4.78 is 2.25. The Morgan fingerprint density at radius 2 is 1.57 bits per heavy atom. The van der Waals surface area contributed by atoms with Gasteiger partial charge in [0.2, 0.25) is 0 Å². The molecule has 1 atom stereocenters. The van der Waals surface area contributed by atoms with Gasteiger partial charge >= 0.3 is 0 Å². The minimum absolute atomic E-state index is 0.0465. The quantitative estimate of drug-likeness (QED) is 0.259. The molecular formula is C20H31NOS. The van der Waals surface area contributed by atoms with E-state index in [9.17, 15) is 4.79 Å². The van der Waals surface area contributed by atoms with E-state index in [1.165, 1.54) is 74.7 Å². The molecule has 1 heterocycles. The van der Waals surface area contributed by atoms with E-state index in [1.54, 1.807) is 11.9 Å². The van der Waals surface area contributed by atoms with Crippen LogP contribution in [0, 0.1) is 0 Å². The monoisotopic (exact) mass is 333 g/mol. The van der Waals surface area contributed by atoms with Crippen molar-refractivity contribution in [3.8, 4) is 0 Å². The first-order valence-corrected chi connectivity index (χ1v) is 10.1. The number of nitrogens with zero attached hydrogens (tertiary/aromatic N) is 1. The van der Waals surface area contributed by atoms with Crippen LogP contribution < -0.4 is 0 Å². The van der Waals surface area contributed by atoms with Crippen molar-refractivity contribution in [3.63, 3.8) is 0 Å². The predicted octanol–water partition coefficient (Wildman–Crippen LogP) is 6.17. The number of rotatable bonds is 12. The molecule has 2 nitrogen and oxygen atoms in total. The minimum Gasteiger partial charge on any atom is -0.301 e. The molecule has 0 aromatic heterocycles. The van der Waals surface area contributed by atoms with Gasteiger partial charge in [-0.3, -0.25) is 0 Å². The van der Waals surface area contributed by atoms with Crippen molar-refractivity contribution in [2.45, 2.75) is 82.1 Å². The second-order valence-electron chi connectivity index (χ2n) is 6.53. The lowest BCUT2D eigenvalue weighted by Crippen LogP contribution is -2.19. The molecule has 1 aromatic rings. The molecule has 0 N–H and O–H groups in total. The Kier molecular flexibility index (Phi) is 8.77. The van der Waals surface area contributed by atoms with Gasteiger partial charge in [0.25, 0.3) is 0 Å². The van der Waals surface area contributed by atoms with Crippen LogP contribution in [0.15, 0.2) is 29.2 Å². The molecule has 0 amide bonds. The van der Waals surface area contributed by atoms with Crippen molar-refractivity contribution in [3.05, 3.63) is 29.8 Å². The van der Waals surface area contributed by atoms with E-state index in [0.717, 1.165) is 12.8 Å². The number of hydrogen-bond donors (Lipinski definition) is 0. The van der Waals surface area contributed by atoms with Crippen LogP contribution in [0.3, 0.4) is 0 Å². The standard InChI is InChI=1S/C20H31NOS/c1-2-3-4-5-6-7-8-9-10-13-16-21-19(17-22)18-14-11-12-15-20(18)23-21/h11-12,14-15,17,19H,2-10,13,16H2,1H3. The molecule has 0 spiro atoms. The first kappa shape index (κ1) is 18.5. The van der Waals surface area contributed by atoms with Crippen LogP contribution in [0.5, 0.6) is 0 Å². The lowest BCUT2D eigenvalue weighted by atomic mass is 10.1. The highest BCUT2D eigenvalue weighted by molar-refractivity contribution is 7.97. The molecule has 1 aliphatic heterocycles. The molecule has 23 heavy (non-hydrogen) atoms. The van der Waals surface area contributed by atoms with Gasteiger partial charge in [0.1, 0.15) is 12.3 Å². The zero-order valence-electron chi connectivity index (χ0n) is 14.5. The predicted molar refractivity (Wildman–Crippen MR) is 99.7 cm³/mol. The maximum Gasteiger partial charge on any atom is 0.142 e. The van der Waals surface area contributed by atoms with Gasteiger partial charge in [-0.15, -0.1) is 0 Å². The van der Waals surface area contributed by atoms with Crippen molar-refractivity contribution < 1.29 is 4.79 Å². The van der Waals surface area contributed by atoms with E-state index in [4.69, 9.17) is 0 Å². The number of carbonyl (C=O) groups is 1. The summed E-state index contributed by atoms with van der Waals surface area (Å²) in [5.41, 5.74) is 1.18. The highest BCUT2D eigenvalue weighted by atomic mass is 32.2. The molecule has 2 rings (SSSR count). The van der Waals surface area contributed by atoms with Gasteiger partial charge in [0.15, 0.2) is 0 Å². The Morgan fingerprint density at radius 3 is 2.22 bits per heavy atom. The maximum absolute atomic E-state index is 11.4. The van der Waals surface area contributed by atoms with Crippen LogP contribution in [0.25, 0.3) is 0 Å². The zero-order chi connectivity index (χ0) is 16.3. The number of fused-ring (bicyclic) bond motifs is 1. The van der Waals surface area contributed by atoms with Gasteiger partial charge in [-0.25, -0.2) is 4.31 Å². The number of unbranched alkanes of at least 4 members (excludes halogenated alkanes) is 9. The topological polar surface area (TPSA) is 20.3 Å². The van der Waals surface area contributed by atoms with Crippen molar-refractivity contribution in [1.29, 1.82) is 0 Å². The van der Waals surface area contributed by atoms with Gasteiger partial charge in [-0.2, -0.15) is 0 Å². The van der Waals surface area contributed by atoms with Gasteiger partial charge in [0, 0.05) is 11.4 Å². The van der Waals surface area contributed by atoms with E-state index < -0.39 is 0 Å². The number of hydrogen-bond acceptors (Lipinski definition) is 3. The molecule has 0 aliphatic carbocycles. The second-order valence-corrected chi connectivity index (χ2v) is 7.62. The van der Waals surface area contributed by atoms with E-state index in [0.29, 0.717) is 0 Å². The van der Waals surface area contributed by atoms with Crippen LogP contribution >= 0.6 is 11.9 Å². The van der Waals surface area contributed by atoms with Crippen molar-refractivity contribution >= 4 is 18.2 Å². The summed E-state index contributed by atoms with van der Waals surface area (Å²) in [6, 6.07) is 8.24. The van der Waals surface area contributed by atoms with Gasteiger partial charge in [-0.05, 0) is 30.0 Å². The average Bonchev–Trinajstić information content (AvgIpc) is 2.94. The van der Waals surface area contributed by atoms with E-state index in [2.05, 4.69) is 29.4 Å². The molecule has 0 radical (unpaired) electrons. The molecule has 0 bridgehead atoms. The molecule has 1 unspecified atom stereocenters. The summed E-state index contributed by atoms with van der Waals surface area (Å²) in [6.45, 7) is 3.28. The van der Waals surface area contributed by atoms with Crippen LogP contribution in [-0.2, 0) is 4.79 Å². The fourth-order valence-electron chi connectivity index (χ4n) is 3.23. The summed E-state index contributed by atoms with van der Waals surface area (Å²) in [6.07, 6.45) is 14.6. The Bertz CT molecular complexity index is 463. The number of carbonyl (C=O) groups excluding carboxylic acids is 1. The molecule has 0 saturated heterocycles. The average molecular weight is 334 g/mol. The molecule has 0 saturated carbocycles. The molecule has 1 aliphatic rings. The smallest absolute Gasteiger partial charge is 0.142 e. The Labute approximate surface area is 146 Å². The number of aldehydes is 1. The third kappa shape index (κ3) is 5.96. The molecule has 1 aromatic carbocycles.